The van der Waals surface area contributed by atoms with Crippen molar-refractivity contribution in [2.45, 2.75) is 12.5 Å². The van der Waals surface area contributed by atoms with Gasteiger partial charge in [0, 0.05) is 19.7 Å². The van der Waals surface area contributed by atoms with Gasteiger partial charge in [-0.3, -0.25) is 4.68 Å². The molecular formula is C10H11ClN4O. The fraction of sp³-hybridized carbons (Fsp3) is 0.300. The molecule has 5 nitrogen and oxygen atoms in total. The summed E-state index contributed by atoms with van der Waals surface area (Å²) in [6, 6.07) is 3.37. The Bertz CT molecular complexity index is 485. The van der Waals surface area contributed by atoms with Crippen molar-refractivity contribution in [1.29, 1.82) is 0 Å². The van der Waals surface area contributed by atoms with Gasteiger partial charge in [-0.15, -0.1) is 0 Å². The molecule has 0 aliphatic rings. The molecule has 84 valence electrons. The predicted octanol–water partition coefficient (Wildman–Crippen LogP) is 1.14. The smallest absolute Gasteiger partial charge is 0.138 e. The SMILES string of the molecule is Cn1ncnc1CC(O)c1ccnc(Cl)c1. The summed E-state index contributed by atoms with van der Waals surface area (Å²) in [6.07, 6.45) is 2.78. The van der Waals surface area contributed by atoms with Crippen LogP contribution in [0.5, 0.6) is 0 Å². The number of aryl methyl sites for hydroxylation is 1. The topological polar surface area (TPSA) is 63.8 Å². The van der Waals surface area contributed by atoms with Gasteiger partial charge in [0.1, 0.15) is 17.3 Å². The molecule has 0 saturated carbocycles. The van der Waals surface area contributed by atoms with Crippen LogP contribution in [0.2, 0.25) is 5.15 Å². The van der Waals surface area contributed by atoms with Gasteiger partial charge in [0.05, 0.1) is 6.10 Å². The first kappa shape index (κ1) is 11.0. The molecule has 2 rings (SSSR count). The normalized spacial score (nSPS) is 12.7. The molecule has 0 aliphatic heterocycles. The predicted molar refractivity (Wildman–Crippen MR) is 58.9 cm³/mol. The zero-order valence-corrected chi connectivity index (χ0v) is 9.46. The second-order valence-electron chi connectivity index (χ2n) is 3.43. The molecule has 0 radical (unpaired) electrons. The average Bonchev–Trinajstić information content (AvgIpc) is 2.64. The molecule has 2 heterocycles. The van der Waals surface area contributed by atoms with Gasteiger partial charge >= 0.3 is 0 Å². The van der Waals surface area contributed by atoms with Crippen LogP contribution in [0.1, 0.15) is 17.5 Å². The monoisotopic (exact) mass is 238 g/mol. The largest absolute Gasteiger partial charge is 0.388 e. The number of nitrogens with zero attached hydrogens (tertiary/aromatic N) is 4. The number of hydrogen-bond donors (Lipinski definition) is 1. The lowest BCUT2D eigenvalue weighted by atomic mass is 10.1. The Morgan fingerprint density at radius 2 is 2.31 bits per heavy atom. The van der Waals surface area contributed by atoms with Gasteiger partial charge in [-0.1, -0.05) is 11.6 Å². The van der Waals surface area contributed by atoms with E-state index in [2.05, 4.69) is 15.1 Å². The minimum Gasteiger partial charge on any atom is -0.388 e. The summed E-state index contributed by atoms with van der Waals surface area (Å²) < 4.78 is 1.63. The van der Waals surface area contributed by atoms with E-state index in [1.807, 2.05) is 0 Å². The maximum atomic E-state index is 9.97. The maximum absolute atomic E-state index is 9.97. The summed E-state index contributed by atoms with van der Waals surface area (Å²) in [5.74, 6) is 0.723. The minimum atomic E-state index is -0.650. The minimum absolute atomic E-state index is 0.370. The van der Waals surface area contributed by atoms with Gasteiger partial charge in [0.15, 0.2) is 0 Å². The van der Waals surface area contributed by atoms with Gasteiger partial charge in [-0.05, 0) is 17.7 Å². The van der Waals surface area contributed by atoms with Gasteiger partial charge in [0.2, 0.25) is 0 Å². The van der Waals surface area contributed by atoms with E-state index in [1.54, 1.807) is 30.1 Å². The molecular weight excluding hydrogens is 228 g/mol. The number of hydrogen-bond acceptors (Lipinski definition) is 4. The number of aliphatic hydroxyl groups excluding tert-OH is 1. The molecule has 0 fully saturated rings. The molecule has 1 N–H and O–H groups in total. The second-order valence-corrected chi connectivity index (χ2v) is 3.82. The molecule has 0 aromatic carbocycles. The van der Waals surface area contributed by atoms with E-state index in [4.69, 9.17) is 11.6 Å². The maximum Gasteiger partial charge on any atom is 0.138 e. The van der Waals surface area contributed by atoms with Crippen LogP contribution in [0.4, 0.5) is 0 Å². The molecule has 1 unspecified atom stereocenters. The van der Waals surface area contributed by atoms with Crippen molar-refractivity contribution in [3.8, 4) is 0 Å². The summed E-state index contributed by atoms with van der Waals surface area (Å²) in [5, 5.41) is 14.3. The summed E-state index contributed by atoms with van der Waals surface area (Å²) in [7, 11) is 1.79. The number of aliphatic hydroxyl groups is 1. The highest BCUT2D eigenvalue weighted by molar-refractivity contribution is 6.29. The molecule has 6 heteroatoms. The Labute approximate surface area is 97.7 Å². The number of halogens is 1. The first-order chi connectivity index (χ1) is 7.66. The average molecular weight is 239 g/mol. The Kier molecular flexibility index (Phi) is 3.17. The highest BCUT2D eigenvalue weighted by atomic mass is 35.5. The second kappa shape index (κ2) is 4.59. The third-order valence-corrected chi connectivity index (χ3v) is 2.52. The van der Waals surface area contributed by atoms with Crippen LogP contribution in [0.25, 0.3) is 0 Å². The summed E-state index contributed by atoms with van der Waals surface area (Å²) in [6.45, 7) is 0. The molecule has 0 amide bonds. The Balaban J connectivity index is 2.14. The molecule has 16 heavy (non-hydrogen) atoms. The summed E-state index contributed by atoms with van der Waals surface area (Å²) >= 11 is 5.75. The lowest BCUT2D eigenvalue weighted by Gasteiger charge is -2.10. The van der Waals surface area contributed by atoms with E-state index in [9.17, 15) is 5.11 Å². The lowest BCUT2D eigenvalue weighted by Crippen LogP contribution is -2.07. The van der Waals surface area contributed by atoms with Crippen LogP contribution in [-0.2, 0) is 13.5 Å². The van der Waals surface area contributed by atoms with Crippen molar-refractivity contribution in [1.82, 2.24) is 19.7 Å². The zero-order chi connectivity index (χ0) is 11.5. The Morgan fingerprint density at radius 3 is 2.94 bits per heavy atom. The third kappa shape index (κ3) is 2.37. The van der Waals surface area contributed by atoms with Gasteiger partial charge < -0.3 is 5.11 Å². The fourth-order valence-corrected chi connectivity index (χ4v) is 1.60. The van der Waals surface area contributed by atoms with Gasteiger partial charge in [-0.2, -0.15) is 5.10 Å². The molecule has 0 aliphatic carbocycles. The van der Waals surface area contributed by atoms with E-state index in [0.29, 0.717) is 11.6 Å². The van der Waals surface area contributed by atoms with Crippen molar-refractivity contribution in [3.63, 3.8) is 0 Å². The highest BCUT2D eigenvalue weighted by Crippen LogP contribution is 2.18. The zero-order valence-electron chi connectivity index (χ0n) is 8.71. The standard InChI is InChI=1S/C10H11ClN4O/c1-15-10(13-6-14-15)5-8(16)7-2-3-12-9(11)4-7/h2-4,6,8,16H,5H2,1H3. The number of pyridine rings is 1. The van der Waals surface area contributed by atoms with Crippen LogP contribution in [-0.4, -0.2) is 24.9 Å². The van der Waals surface area contributed by atoms with Gasteiger partial charge in [0.25, 0.3) is 0 Å². The highest BCUT2D eigenvalue weighted by Gasteiger charge is 2.12. The van der Waals surface area contributed by atoms with E-state index in [-0.39, 0.29) is 0 Å². The van der Waals surface area contributed by atoms with Gasteiger partial charge in [-0.25, -0.2) is 9.97 Å². The number of rotatable bonds is 3. The van der Waals surface area contributed by atoms with Crippen molar-refractivity contribution in [3.05, 3.63) is 41.2 Å². The quantitative estimate of drug-likeness (QED) is 0.815. The first-order valence-electron chi connectivity index (χ1n) is 4.79. The van der Waals surface area contributed by atoms with E-state index in [1.165, 1.54) is 6.33 Å². The van der Waals surface area contributed by atoms with Crippen LogP contribution in [0, 0.1) is 0 Å². The number of aromatic nitrogens is 4. The van der Waals surface area contributed by atoms with Crippen LogP contribution >= 0.6 is 11.6 Å². The Hall–Kier alpha value is -1.46. The van der Waals surface area contributed by atoms with Crippen LogP contribution in [0.15, 0.2) is 24.7 Å². The molecule has 2 aromatic rings. The van der Waals surface area contributed by atoms with E-state index >= 15 is 0 Å². The molecule has 0 saturated heterocycles. The van der Waals surface area contributed by atoms with Crippen molar-refractivity contribution in [2.24, 2.45) is 7.05 Å². The molecule has 2 aromatic heterocycles. The first-order valence-corrected chi connectivity index (χ1v) is 5.17. The molecule has 0 bridgehead atoms. The molecule has 1 atom stereocenters. The summed E-state index contributed by atoms with van der Waals surface area (Å²) in [4.78, 5) is 7.90. The fourth-order valence-electron chi connectivity index (χ4n) is 1.42. The van der Waals surface area contributed by atoms with Crippen LogP contribution < -0.4 is 0 Å². The van der Waals surface area contributed by atoms with E-state index < -0.39 is 6.10 Å². The van der Waals surface area contributed by atoms with Crippen molar-refractivity contribution < 1.29 is 5.11 Å². The lowest BCUT2D eigenvalue weighted by molar-refractivity contribution is 0.174. The van der Waals surface area contributed by atoms with Crippen molar-refractivity contribution >= 4 is 11.6 Å². The van der Waals surface area contributed by atoms with E-state index in [0.717, 1.165) is 11.4 Å². The third-order valence-electron chi connectivity index (χ3n) is 2.32. The molecule has 0 spiro atoms. The van der Waals surface area contributed by atoms with Crippen LogP contribution in [0.3, 0.4) is 0 Å². The Morgan fingerprint density at radius 1 is 1.50 bits per heavy atom. The summed E-state index contributed by atoms with van der Waals surface area (Å²) in [5.41, 5.74) is 0.725. The van der Waals surface area contributed by atoms with Crippen molar-refractivity contribution in [2.75, 3.05) is 0 Å².